The van der Waals surface area contributed by atoms with Crippen molar-refractivity contribution in [3.05, 3.63) is 17.0 Å². The predicted octanol–water partition coefficient (Wildman–Crippen LogP) is 1.15. The van der Waals surface area contributed by atoms with Gasteiger partial charge in [-0.25, -0.2) is 0 Å². The lowest BCUT2D eigenvalue weighted by molar-refractivity contribution is -0.144. The van der Waals surface area contributed by atoms with E-state index in [4.69, 9.17) is 4.74 Å². The summed E-state index contributed by atoms with van der Waals surface area (Å²) in [7, 11) is 1.85. The number of rotatable bonds is 2. The van der Waals surface area contributed by atoms with Crippen molar-refractivity contribution in [2.45, 2.75) is 51.0 Å². The van der Waals surface area contributed by atoms with Crippen molar-refractivity contribution in [2.75, 3.05) is 32.8 Å². The van der Waals surface area contributed by atoms with Crippen LogP contribution in [0.2, 0.25) is 0 Å². The van der Waals surface area contributed by atoms with E-state index in [-0.39, 0.29) is 11.8 Å². The first-order valence-electron chi connectivity index (χ1n) is 9.76. The van der Waals surface area contributed by atoms with E-state index in [2.05, 4.69) is 5.10 Å². The third kappa shape index (κ3) is 2.73. The number of likely N-dealkylation sites (tertiary alicyclic amines) is 1. The molecular weight excluding hydrogens is 332 g/mol. The van der Waals surface area contributed by atoms with Crippen LogP contribution in [0.25, 0.3) is 0 Å². The Morgan fingerprint density at radius 3 is 2.58 bits per heavy atom. The summed E-state index contributed by atoms with van der Waals surface area (Å²) in [5.74, 6) is 0.0208. The van der Waals surface area contributed by atoms with Gasteiger partial charge in [0.25, 0.3) is 5.91 Å². The summed E-state index contributed by atoms with van der Waals surface area (Å²) in [6.07, 6.45) is 5.66. The van der Waals surface area contributed by atoms with Gasteiger partial charge in [0.05, 0.1) is 18.9 Å². The van der Waals surface area contributed by atoms with E-state index in [0.29, 0.717) is 38.5 Å². The molecule has 1 unspecified atom stereocenters. The fraction of sp³-hybridized carbons (Fsp3) is 0.737. The Morgan fingerprint density at radius 1 is 1.08 bits per heavy atom. The number of nitrogens with zero attached hydrogens (tertiary/aromatic N) is 4. The Labute approximate surface area is 154 Å². The third-order valence-corrected chi connectivity index (χ3v) is 6.17. The maximum atomic E-state index is 13.5. The molecule has 2 saturated heterocycles. The van der Waals surface area contributed by atoms with Crippen molar-refractivity contribution in [1.29, 1.82) is 0 Å². The van der Waals surface area contributed by atoms with E-state index < -0.39 is 5.54 Å². The minimum atomic E-state index is -0.764. The van der Waals surface area contributed by atoms with Crippen molar-refractivity contribution in [3.63, 3.8) is 0 Å². The Hall–Kier alpha value is -1.89. The maximum Gasteiger partial charge on any atom is 0.273 e. The Balaban J connectivity index is 1.63. The van der Waals surface area contributed by atoms with Crippen LogP contribution in [0.4, 0.5) is 0 Å². The second-order valence-corrected chi connectivity index (χ2v) is 7.84. The highest BCUT2D eigenvalue weighted by Crippen LogP contribution is 2.34. The first-order chi connectivity index (χ1) is 12.5. The quantitative estimate of drug-likeness (QED) is 0.794. The summed E-state index contributed by atoms with van der Waals surface area (Å²) in [6, 6.07) is 0. The number of amides is 2. The van der Waals surface area contributed by atoms with Crippen LogP contribution in [0, 0.1) is 0 Å². The lowest BCUT2D eigenvalue weighted by atomic mass is 9.93. The Morgan fingerprint density at radius 2 is 1.81 bits per heavy atom. The summed E-state index contributed by atoms with van der Waals surface area (Å²) >= 11 is 0. The average molecular weight is 360 g/mol. The van der Waals surface area contributed by atoms with Crippen LogP contribution in [-0.2, 0) is 29.4 Å². The van der Waals surface area contributed by atoms with Gasteiger partial charge in [0, 0.05) is 32.2 Å². The van der Waals surface area contributed by atoms with Gasteiger partial charge < -0.3 is 14.5 Å². The zero-order chi connectivity index (χ0) is 18.3. The second kappa shape index (κ2) is 6.68. The SMILES string of the molecule is Cn1nc2c(c1C(=O)N1CCCC1(C)C(=O)N1CCOCC1)CCCC2. The van der Waals surface area contributed by atoms with Gasteiger partial charge in [-0.1, -0.05) is 0 Å². The number of aromatic nitrogens is 2. The molecule has 0 saturated carbocycles. The number of morpholine rings is 1. The molecule has 0 spiro atoms. The molecule has 2 aliphatic heterocycles. The summed E-state index contributed by atoms with van der Waals surface area (Å²) in [4.78, 5) is 30.4. The molecule has 0 radical (unpaired) electrons. The van der Waals surface area contributed by atoms with Crippen LogP contribution < -0.4 is 0 Å². The van der Waals surface area contributed by atoms with Crippen molar-refractivity contribution < 1.29 is 14.3 Å². The van der Waals surface area contributed by atoms with Gasteiger partial charge in [0.2, 0.25) is 5.91 Å². The summed E-state index contributed by atoms with van der Waals surface area (Å²) in [5, 5.41) is 4.58. The zero-order valence-electron chi connectivity index (χ0n) is 15.8. The molecule has 2 fully saturated rings. The summed E-state index contributed by atoms with van der Waals surface area (Å²) in [5.41, 5.74) is 2.07. The van der Waals surface area contributed by atoms with Gasteiger partial charge in [0.15, 0.2) is 0 Å². The second-order valence-electron chi connectivity index (χ2n) is 7.84. The number of hydrogen-bond donors (Lipinski definition) is 0. The van der Waals surface area contributed by atoms with Gasteiger partial charge in [0.1, 0.15) is 11.2 Å². The molecule has 1 aromatic rings. The van der Waals surface area contributed by atoms with Crippen LogP contribution in [0.3, 0.4) is 0 Å². The van der Waals surface area contributed by atoms with Crippen LogP contribution in [0.5, 0.6) is 0 Å². The molecule has 3 aliphatic rings. The van der Waals surface area contributed by atoms with Crippen LogP contribution in [-0.4, -0.2) is 69.8 Å². The monoisotopic (exact) mass is 360 g/mol. The molecule has 1 aliphatic carbocycles. The highest BCUT2D eigenvalue weighted by atomic mass is 16.5. The summed E-state index contributed by atoms with van der Waals surface area (Å²) in [6.45, 7) is 4.93. The molecule has 1 aromatic heterocycles. The smallest absolute Gasteiger partial charge is 0.273 e. The molecular formula is C19H28N4O3. The predicted molar refractivity (Wildman–Crippen MR) is 95.9 cm³/mol. The third-order valence-electron chi connectivity index (χ3n) is 6.17. The van der Waals surface area contributed by atoms with Crippen molar-refractivity contribution in [3.8, 4) is 0 Å². The number of carbonyl (C=O) groups is 2. The topological polar surface area (TPSA) is 67.7 Å². The fourth-order valence-electron chi connectivity index (χ4n) is 4.69. The molecule has 7 nitrogen and oxygen atoms in total. The molecule has 142 valence electrons. The van der Waals surface area contributed by atoms with E-state index in [1.54, 1.807) is 9.58 Å². The minimum Gasteiger partial charge on any atom is -0.378 e. The number of hydrogen-bond acceptors (Lipinski definition) is 4. The molecule has 3 heterocycles. The standard InChI is InChI=1S/C19H28N4O3/c1-19(18(25)22-10-12-26-13-11-22)8-5-9-23(19)17(24)16-14-6-3-4-7-15(14)20-21(16)2/h3-13H2,1-2H3. The van der Waals surface area contributed by atoms with E-state index in [1.165, 1.54) is 0 Å². The molecule has 1 atom stereocenters. The van der Waals surface area contributed by atoms with E-state index in [0.717, 1.165) is 49.8 Å². The van der Waals surface area contributed by atoms with Gasteiger partial charge in [-0.05, 0) is 45.4 Å². The molecule has 2 amide bonds. The largest absolute Gasteiger partial charge is 0.378 e. The van der Waals surface area contributed by atoms with Gasteiger partial charge in [-0.3, -0.25) is 14.3 Å². The van der Waals surface area contributed by atoms with Crippen molar-refractivity contribution >= 4 is 11.8 Å². The normalized spacial score (nSPS) is 26.1. The lowest BCUT2D eigenvalue weighted by Gasteiger charge is -2.39. The highest BCUT2D eigenvalue weighted by molar-refractivity contribution is 5.99. The van der Waals surface area contributed by atoms with Gasteiger partial charge in [-0.15, -0.1) is 0 Å². The first-order valence-corrected chi connectivity index (χ1v) is 9.76. The Kier molecular flexibility index (Phi) is 4.50. The van der Waals surface area contributed by atoms with Crippen molar-refractivity contribution in [2.24, 2.45) is 7.05 Å². The molecule has 26 heavy (non-hydrogen) atoms. The molecule has 0 bridgehead atoms. The van der Waals surface area contributed by atoms with Crippen LogP contribution >= 0.6 is 0 Å². The number of carbonyl (C=O) groups excluding carboxylic acids is 2. The summed E-state index contributed by atoms with van der Waals surface area (Å²) < 4.78 is 7.10. The number of fused-ring (bicyclic) bond motifs is 1. The van der Waals surface area contributed by atoms with E-state index >= 15 is 0 Å². The minimum absolute atomic E-state index is 0.0373. The lowest BCUT2D eigenvalue weighted by Crippen LogP contribution is -2.58. The number of ether oxygens (including phenoxy) is 1. The van der Waals surface area contributed by atoms with Gasteiger partial charge >= 0.3 is 0 Å². The molecule has 7 heteroatoms. The Bertz CT molecular complexity index is 723. The van der Waals surface area contributed by atoms with Crippen molar-refractivity contribution in [1.82, 2.24) is 19.6 Å². The van der Waals surface area contributed by atoms with Gasteiger partial charge in [-0.2, -0.15) is 5.10 Å². The first kappa shape index (κ1) is 17.5. The van der Waals surface area contributed by atoms with E-state index in [1.807, 2.05) is 18.9 Å². The zero-order valence-corrected chi connectivity index (χ0v) is 15.8. The number of aryl methyl sites for hydroxylation is 2. The van der Waals surface area contributed by atoms with Crippen LogP contribution in [0.1, 0.15) is 54.4 Å². The molecule has 0 N–H and O–H groups in total. The fourth-order valence-corrected chi connectivity index (χ4v) is 4.69. The average Bonchev–Trinajstić information content (AvgIpc) is 3.21. The molecule has 0 aromatic carbocycles. The van der Waals surface area contributed by atoms with E-state index in [9.17, 15) is 9.59 Å². The highest BCUT2D eigenvalue weighted by Gasteiger charge is 2.48. The molecule has 4 rings (SSSR count). The van der Waals surface area contributed by atoms with Crippen LogP contribution in [0.15, 0.2) is 0 Å². The maximum absolute atomic E-state index is 13.5.